The molecule has 2 atom stereocenters. The van der Waals surface area contributed by atoms with Gasteiger partial charge < -0.3 is 10.2 Å². The highest BCUT2D eigenvalue weighted by molar-refractivity contribution is 9.10. The molecule has 2 aromatic carbocycles. The van der Waals surface area contributed by atoms with Gasteiger partial charge in [0, 0.05) is 15.6 Å². The second kappa shape index (κ2) is 4.87. The fourth-order valence-electron chi connectivity index (χ4n) is 2.56. The molecule has 0 aromatic heterocycles. The van der Waals surface area contributed by atoms with Crippen LogP contribution in [0, 0.1) is 0 Å². The minimum atomic E-state index is -2.26. The molecule has 1 aliphatic rings. The summed E-state index contributed by atoms with van der Waals surface area (Å²) in [5.41, 5.74) is -1.81. The van der Waals surface area contributed by atoms with Crippen molar-refractivity contribution in [2.45, 2.75) is 11.7 Å². The molecule has 5 heteroatoms. The highest BCUT2D eigenvalue weighted by Crippen LogP contribution is 2.37. The zero-order valence-electron chi connectivity index (χ0n) is 10.8. The van der Waals surface area contributed by atoms with Crippen LogP contribution in [0.25, 0.3) is 0 Å². The molecule has 2 N–H and O–H groups in total. The predicted octanol–water partition coefficient (Wildman–Crippen LogP) is 2.08. The first kappa shape index (κ1) is 14.1. The number of hydrogen-bond acceptors (Lipinski definition) is 4. The summed E-state index contributed by atoms with van der Waals surface area (Å²) < 4.78 is 0.763. The van der Waals surface area contributed by atoms with Gasteiger partial charge in [-0.3, -0.25) is 9.59 Å². The van der Waals surface area contributed by atoms with Gasteiger partial charge in [0.1, 0.15) is 0 Å². The van der Waals surface area contributed by atoms with Crippen LogP contribution in [0.1, 0.15) is 26.3 Å². The van der Waals surface area contributed by atoms with Crippen LogP contribution in [0.4, 0.5) is 0 Å². The Balaban J connectivity index is 2.22. The van der Waals surface area contributed by atoms with E-state index >= 15 is 0 Å². The number of halogens is 1. The number of ketones is 2. The molecule has 21 heavy (non-hydrogen) atoms. The lowest BCUT2D eigenvalue weighted by atomic mass is 9.73. The van der Waals surface area contributed by atoms with Gasteiger partial charge in [-0.15, -0.1) is 0 Å². The van der Waals surface area contributed by atoms with E-state index in [0.717, 1.165) is 4.47 Å². The van der Waals surface area contributed by atoms with Crippen molar-refractivity contribution >= 4 is 27.5 Å². The molecule has 0 radical (unpaired) electrons. The van der Waals surface area contributed by atoms with Crippen molar-refractivity contribution in [3.63, 3.8) is 0 Å². The number of hydrogen-bond donors (Lipinski definition) is 2. The minimum absolute atomic E-state index is 0.123. The number of carbonyl (C=O) groups is 2. The Morgan fingerprint density at radius 3 is 2.14 bits per heavy atom. The van der Waals surface area contributed by atoms with Gasteiger partial charge >= 0.3 is 0 Å². The average molecular weight is 347 g/mol. The number of benzene rings is 2. The Morgan fingerprint density at radius 2 is 1.52 bits per heavy atom. The van der Waals surface area contributed by atoms with Gasteiger partial charge in [-0.05, 0) is 17.7 Å². The molecule has 4 nitrogen and oxygen atoms in total. The van der Waals surface area contributed by atoms with Crippen molar-refractivity contribution in [2.75, 3.05) is 0 Å². The number of aliphatic hydroxyl groups is 2. The van der Waals surface area contributed by atoms with Crippen molar-refractivity contribution in [1.82, 2.24) is 0 Å². The average Bonchev–Trinajstić information content (AvgIpc) is 2.51. The summed E-state index contributed by atoms with van der Waals surface area (Å²) in [6.45, 7) is 0. The fraction of sp³-hybridized carbons (Fsp3) is 0.125. The molecule has 0 amide bonds. The summed E-state index contributed by atoms with van der Waals surface area (Å²) in [5, 5.41) is 21.0. The third-order valence-electron chi connectivity index (χ3n) is 3.71. The van der Waals surface area contributed by atoms with Crippen LogP contribution in [-0.2, 0) is 5.60 Å². The third-order valence-corrected chi connectivity index (χ3v) is 4.24. The van der Waals surface area contributed by atoms with Crippen LogP contribution in [-0.4, -0.2) is 27.9 Å². The van der Waals surface area contributed by atoms with E-state index < -0.39 is 23.3 Å². The molecule has 0 spiro atoms. The van der Waals surface area contributed by atoms with E-state index in [1.807, 2.05) is 0 Å². The van der Waals surface area contributed by atoms with Crippen LogP contribution in [0.5, 0.6) is 0 Å². The van der Waals surface area contributed by atoms with Gasteiger partial charge in [0.2, 0.25) is 5.78 Å². The molecule has 0 bridgehead atoms. The monoisotopic (exact) mass is 346 g/mol. The smallest absolute Gasteiger partial charge is 0.202 e. The second-order valence-electron chi connectivity index (χ2n) is 4.91. The van der Waals surface area contributed by atoms with Crippen LogP contribution in [0.15, 0.2) is 53.0 Å². The lowest BCUT2D eigenvalue weighted by molar-refractivity contribution is -0.0443. The molecule has 3 rings (SSSR count). The standard InChI is InChI=1S/C16H11BrO4/c17-10-7-5-9(6-8-10)16(21)14(19)12-4-2-1-3-11(12)13(18)15(16)20/h1-8,15,20-21H/t15-,16+/m1/s1. The minimum Gasteiger partial charge on any atom is -0.381 e. The molecule has 106 valence electrons. The Kier molecular flexibility index (Phi) is 3.28. The first-order valence-corrected chi connectivity index (χ1v) is 7.10. The molecule has 0 saturated carbocycles. The number of rotatable bonds is 1. The maximum absolute atomic E-state index is 12.6. The first-order valence-electron chi connectivity index (χ1n) is 6.31. The van der Waals surface area contributed by atoms with Crippen molar-refractivity contribution in [1.29, 1.82) is 0 Å². The molecule has 0 fully saturated rings. The van der Waals surface area contributed by atoms with E-state index in [0.29, 0.717) is 0 Å². The third kappa shape index (κ3) is 1.97. The summed E-state index contributed by atoms with van der Waals surface area (Å²) in [7, 11) is 0. The molecule has 0 heterocycles. The van der Waals surface area contributed by atoms with Crippen molar-refractivity contribution < 1.29 is 19.8 Å². The van der Waals surface area contributed by atoms with Crippen molar-refractivity contribution in [3.05, 3.63) is 69.7 Å². The molecular weight excluding hydrogens is 336 g/mol. The quantitative estimate of drug-likeness (QED) is 0.828. The Morgan fingerprint density at radius 1 is 0.952 bits per heavy atom. The molecular formula is C16H11BrO4. The van der Waals surface area contributed by atoms with Gasteiger partial charge in [-0.1, -0.05) is 52.3 Å². The maximum Gasteiger partial charge on any atom is 0.202 e. The maximum atomic E-state index is 12.6. The Labute approximate surface area is 129 Å². The Hall–Kier alpha value is -1.82. The Bertz CT molecular complexity index is 738. The summed E-state index contributed by atoms with van der Waals surface area (Å²) in [6.07, 6.45) is -1.82. The van der Waals surface area contributed by atoms with Gasteiger partial charge in [0.25, 0.3) is 0 Å². The van der Waals surface area contributed by atoms with Crippen LogP contribution in [0.2, 0.25) is 0 Å². The topological polar surface area (TPSA) is 74.6 Å². The van der Waals surface area contributed by atoms with Crippen molar-refractivity contribution in [3.8, 4) is 0 Å². The number of Topliss-reactive ketones (excluding diaryl/α,β-unsaturated/α-hetero) is 2. The highest BCUT2D eigenvalue weighted by Gasteiger charge is 2.53. The van der Waals surface area contributed by atoms with Crippen molar-refractivity contribution in [2.24, 2.45) is 0 Å². The zero-order chi connectivity index (χ0) is 15.2. The van der Waals surface area contributed by atoms with E-state index in [9.17, 15) is 19.8 Å². The normalized spacial score (nSPS) is 24.8. The zero-order valence-corrected chi connectivity index (χ0v) is 12.4. The lowest BCUT2D eigenvalue weighted by Crippen LogP contribution is -2.54. The van der Waals surface area contributed by atoms with Crippen LogP contribution >= 0.6 is 15.9 Å². The second-order valence-corrected chi connectivity index (χ2v) is 5.83. The van der Waals surface area contributed by atoms with E-state index in [-0.39, 0.29) is 16.7 Å². The lowest BCUT2D eigenvalue weighted by Gasteiger charge is -2.35. The SMILES string of the molecule is O=C1c2ccccc2C(=O)[C@@](O)(c2ccc(Br)cc2)[C@@H]1O. The summed E-state index contributed by atoms with van der Waals surface area (Å²) in [6, 6.07) is 12.5. The fourth-order valence-corrected chi connectivity index (χ4v) is 2.82. The van der Waals surface area contributed by atoms with Gasteiger partial charge in [-0.2, -0.15) is 0 Å². The van der Waals surface area contributed by atoms with E-state index in [2.05, 4.69) is 15.9 Å². The number of aliphatic hydroxyl groups excluding tert-OH is 1. The highest BCUT2D eigenvalue weighted by atomic mass is 79.9. The predicted molar refractivity (Wildman–Crippen MR) is 79.1 cm³/mol. The van der Waals surface area contributed by atoms with Gasteiger partial charge in [0.15, 0.2) is 17.5 Å². The van der Waals surface area contributed by atoms with Gasteiger partial charge in [0.05, 0.1) is 0 Å². The molecule has 0 aliphatic heterocycles. The summed E-state index contributed by atoms with van der Waals surface area (Å²) >= 11 is 3.26. The molecule has 2 aromatic rings. The van der Waals surface area contributed by atoms with Crippen LogP contribution < -0.4 is 0 Å². The van der Waals surface area contributed by atoms with E-state index in [1.165, 1.54) is 24.3 Å². The van der Waals surface area contributed by atoms with E-state index in [4.69, 9.17) is 0 Å². The summed E-state index contributed by atoms with van der Waals surface area (Å²) in [4.78, 5) is 24.9. The molecule has 0 saturated heterocycles. The summed E-state index contributed by atoms with van der Waals surface area (Å²) in [5.74, 6) is -1.33. The van der Waals surface area contributed by atoms with Crippen LogP contribution in [0.3, 0.4) is 0 Å². The first-order chi connectivity index (χ1) is 9.96. The number of carbonyl (C=O) groups excluding carboxylic acids is 2. The molecule has 0 unspecified atom stereocenters. The number of fused-ring (bicyclic) bond motifs is 1. The largest absolute Gasteiger partial charge is 0.381 e. The van der Waals surface area contributed by atoms with Gasteiger partial charge in [-0.25, -0.2) is 0 Å². The molecule has 1 aliphatic carbocycles. The van der Waals surface area contributed by atoms with E-state index in [1.54, 1.807) is 24.3 Å².